The van der Waals surface area contributed by atoms with Crippen LogP contribution in [0.5, 0.6) is 0 Å². The lowest BCUT2D eigenvalue weighted by Gasteiger charge is -2.32. The number of carbonyl (C=O) groups is 4. The molecule has 9 nitrogen and oxygen atoms in total. The molecule has 0 N–H and O–H groups in total. The molecule has 0 bridgehead atoms. The first kappa shape index (κ1) is 30.2. The molecule has 186 valence electrons. The van der Waals surface area contributed by atoms with Gasteiger partial charge in [0.2, 0.25) is 0 Å². The highest BCUT2D eigenvalue weighted by atomic mass is 16.5. The normalized spacial score (nSPS) is 10.7. The lowest BCUT2D eigenvalue weighted by atomic mass is 9.81. The van der Waals surface area contributed by atoms with Gasteiger partial charge in [0.15, 0.2) is 0 Å². The van der Waals surface area contributed by atoms with Gasteiger partial charge in [-0.05, 0) is 6.42 Å². The number of ketones is 1. The summed E-state index contributed by atoms with van der Waals surface area (Å²) in [5.74, 6) is -1.65. The van der Waals surface area contributed by atoms with E-state index in [2.05, 4.69) is 19.7 Å². The van der Waals surface area contributed by atoms with Crippen LogP contribution >= 0.6 is 0 Å². The van der Waals surface area contributed by atoms with E-state index in [4.69, 9.17) is 23.7 Å². The summed E-state index contributed by atoms with van der Waals surface area (Å²) in [4.78, 5) is 45.8. The zero-order valence-corrected chi connectivity index (χ0v) is 19.5. The van der Waals surface area contributed by atoms with Crippen LogP contribution in [0.1, 0.15) is 39.0 Å². The van der Waals surface area contributed by atoms with Gasteiger partial charge in [-0.1, -0.05) is 26.7 Å². The molecule has 0 unspecified atom stereocenters. The minimum absolute atomic E-state index is 0.0193. The molecule has 0 saturated carbocycles. The molecule has 9 heteroatoms. The summed E-state index contributed by atoms with van der Waals surface area (Å²) in [5.41, 5.74) is -0.574. The Morgan fingerprint density at radius 3 is 1.52 bits per heavy atom. The second-order valence-electron chi connectivity index (χ2n) is 7.25. The molecular weight excluding hydrogens is 432 g/mol. The Morgan fingerprint density at radius 1 is 0.697 bits per heavy atom. The Labute approximate surface area is 195 Å². The van der Waals surface area contributed by atoms with E-state index in [0.717, 1.165) is 18.2 Å². The van der Waals surface area contributed by atoms with Crippen LogP contribution in [0, 0.1) is 5.41 Å². The number of rotatable bonds is 21. The molecule has 0 rings (SSSR count). The maximum atomic E-state index is 12.5. The zero-order valence-electron chi connectivity index (χ0n) is 19.5. The Balaban J connectivity index is 4.68. The number of ether oxygens (including phenoxy) is 5. The second-order valence-corrected chi connectivity index (χ2v) is 7.25. The Hall–Kier alpha value is -2.78. The topological polar surface area (TPSA) is 114 Å². The van der Waals surface area contributed by atoms with Gasteiger partial charge in [-0.2, -0.15) is 0 Å². The molecule has 0 aliphatic carbocycles. The summed E-state index contributed by atoms with van der Waals surface area (Å²) < 4.78 is 26.2. The molecule has 33 heavy (non-hydrogen) atoms. The lowest BCUT2D eigenvalue weighted by Crippen LogP contribution is -2.35. The molecule has 0 saturated heterocycles. The maximum absolute atomic E-state index is 12.5. The fourth-order valence-corrected chi connectivity index (χ4v) is 2.67. The van der Waals surface area contributed by atoms with Crippen molar-refractivity contribution >= 4 is 23.7 Å². The third-order valence-electron chi connectivity index (χ3n) is 4.62. The van der Waals surface area contributed by atoms with Crippen molar-refractivity contribution < 1.29 is 42.9 Å². The SMILES string of the molecule is C=CC(=O)OCCCOCC(CC)(COCCCOC(=O)C=C)CC(=O)CCOC(=O)C=C. The minimum Gasteiger partial charge on any atom is -0.462 e. The Morgan fingerprint density at radius 2 is 1.12 bits per heavy atom. The highest BCUT2D eigenvalue weighted by Crippen LogP contribution is 2.29. The van der Waals surface area contributed by atoms with Crippen LogP contribution in [0.25, 0.3) is 0 Å². The van der Waals surface area contributed by atoms with Gasteiger partial charge in [0.1, 0.15) is 5.78 Å². The number of esters is 3. The number of hydrogen-bond acceptors (Lipinski definition) is 9. The lowest BCUT2D eigenvalue weighted by molar-refractivity contribution is -0.140. The van der Waals surface area contributed by atoms with Gasteiger partial charge in [0.05, 0.1) is 33.0 Å². The zero-order chi connectivity index (χ0) is 25.0. The summed E-state index contributed by atoms with van der Waals surface area (Å²) in [5, 5.41) is 0. The highest BCUT2D eigenvalue weighted by Gasteiger charge is 2.32. The van der Waals surface area contributed by atoms with Gasteiger partial charge in [0, 0.05) is 62.5 Å². The Kier molecular flexibility index (Phi) is 17.2. The van der Waals surface area contributed by atoms with E-state index in [9.17, 15) is 19.2 Å². The second kappa shape index (κ2) is 18.8. The van der Waals surface area contributed by atoms with Gasteiger partial charge in [-0.25, -0.2) is 14.4 Å². The van der Waals surface area contributed by atoms with Gasteiger partial charge >= 0.3 is 17.9 Å². The van der Waals surface area contributed by atoms with Crippen LogP contribution in [0.4, 0.5) is 0 Å². The van der Waals surface area contributed by atoms with E-state index in [1.165, 1.54) is 0 Å². The van der Waals surface area contributed by atoms with Gasteiger partial charge in [-0.15, -0.1) is 0 Å². The van der Waals surface area contributed by atoms with Gasteiger partial charge < -0.3 is 23.7 Å². The average Bonchev–Trinajstić information content (AvgIpc) is 2.82. The van der Waals surface area contributed by atoms with Crippen molar-refractivity contribution in [1.82, 2.24) is 0 Å². The predicted molar refractivity (Wildman–Crippen MR) is 121 cm³/mol. The van der Waals surface area contributed by atoms with Crippen molar-refractivity contribution in [1.29, 1.82) is 0 Å². The maximum Gasteiger partial charge on any atom is 0.330 e. The van der Waals surface area contributed by atoms with Crippen molar-refractivity contribution in [2.75, 3.05) is 46.2 Å². The largest absolute Gasteiger partial charge is 0.462 e. The fourth-order valence-electron chi connectivity index (χ4n) is 2.67. The summed E-state index contributed by atoms with van der Waals surface area (Å²) in [6, 6.07) is 0. The summed E-state index contributed by atoms with van der Waals surface area (Å²) in [6.07, 6.45) is 5.11. The average molecular weight is 469 g/mol. The van der Waals surface area contributed by atoms with Crippen molar-refractivity contribution in [2.24, 2.45) is 5.41 Å². The number of hydrogen-bond donors (Lipinski definition) is 0. The molecule has 0 heterocycles. The standard InChI is InChI=1S/C24H36O9/c1-5-21(26)31-14-9-12-29-18-24(8-4,17-20(25)11-16-33-23(28)7-3)19-30-13-10-15-32-22(27)6-2/h5-7H,1-3,8-19H2,4H3. The van der Waals surface area contributed by atoms with Crippen LogP contribution in [-0.4, -0.2) is 69.9 Å². The first-order valence-electron chi connectivity index (χ1n) is 10.9. The van der Waals surface area contributed by atoms with Crippen molar-refractivity contribution in [3.05, 3.63) is 38.0 Å². The van der Waals surface area contributed by atoms with Crippen LogP contribution in [0.2, 0.25) is 0 Å². The molecule has 0 amide bonds. The molecule has 0 atom stereocenters. The number of Topliss-reactive ketones (excluding diaryl/α,β-unsaturated/α-hetero) is 1. The molecule has 0 fully saturated rings. The summed E-state index contributed by atoms with van der Waals surface area (Å²) in [7, 11) is 0. The fraction of sp³-hybridized carbons (Fsp3) is 0.583. The van der Waals surface area contributed by atoms with Crippen LogP contribution < -0.4 is 0 Å². The van der Waals surface area contributed by atoms with E-state index in [1.807, 2.05) is 6.92 Å². The molecule has 0 spiro atoms. The van der Waals surface area contributed by atoms with Crippen molar-refractivity contribution in [2.45, 2.75) is 39.0 Å². The van der Waals surface area contributed by atoms with Crippen molar-refractivity contribution in [3.63, 3.8) is 0 Å². The van der Waals surface area contributed by atoms with E-state index < -0.39 is 23.3 Å². The monoisotopic (exact) mass is 468 g/mol. The molecule has 0 aliphatic rings. The Bertz CT molecular complexity index is 622. The smallest absolute Gasteiger partial charge is 0.330 e. The predicted octanol–water partition coefficient (Wildman–Crippen LogP) is 2.73. The molecule has 0 aromatic heterocycles. The molecule has 0 aromatic carbocycles. The molecular formula is C24H36O9. The summed E-state index contributed by atoms with van der Waals surface area (Å²) in [6.45, 7) is 13.5. The number of carbonyl (C=O) groups excluding carboxylic acids is 4. The van der Waals surface area contributed by atoms with Crippen molar-refractivity contribution in [3.8, 4) is 0 Å². The van der Waals surface area contributed by atoms with Crippen LogP contribution in [0.15, 0.2) is 38.0 Å². The highest BCUT2D eigenvalue weighted by molar-refractivity contribution is 5.82. The van der Waals surface area contributed by atoms with E-state index >= 15 is 0 Å². The quantitative estimate of drug-likeness (QED) is 0.109. The first-order chi connectivity index (χ1) is 15.8. The summed E-state index contributed by atoms with van der Waals surface area (Å²) >= 11 is 0. The van der Waals surface area contributed by atoms with Crippen LogP contribution in [-0.2, 0) is 42.9 Å². The van der Waals surface area contributed by atoms with E-state index in [-0.39, 0.29) is 51.7 Å². The van der Waals surface area contributed by atoms with E-state index in [1.54, 1.807) is 0 Å². The molecule has 0 aliphatic heterocycles. The van der Waals surface area contributed by atoms with E-state index in [0.29, 0.717) is 32.5 Å². The minimum atomic E-state index is -0.578. The van der Waals surface area contributed by atoms with Gasteiger partial charge in [0.25, 0.3) is 0 Å². The first-order valence-corrected chi connectivity index (χ1v) is 10.9. The third kappa shape index (κ3) is 15.6. The molecule has 0 aromatic rings. The van der Waals surface area contributed by atoms with Gasteiger partial charge in [-0.3, -0.25) is 4.79 Å². The third-order valence-corrected chi connectivity index (χ3v) is 4.62. The van der Waals surface area contributed by atoms with Crippen LogP contribution in [0.3, 0.4) is 0 Å². The molecule has 0 radical (unpaired) electrons.